The van der Waals surface area contributed by atoms with Crippen LogP contribution in [0.4, 0.5) is 0 Å². The Morgan fingerprint density at radius 1 is 1.25 bits per heavy atom. The number of allylic oxidation sites excluding steroid dienone is 1. The fourth-order valence-corrected chi connectivity index (χ4v) is 3.13. The quantitative estimate of drug-likeness (QED) is 0.238. The molecule has 28 heavy (non-hydrogen) atoms. The van der Waals surface area contributed by atoms with Gasteiger partial charge in [0, 0.05) is 17.9 Å². The zero-order valence-corrected chi connectivity index (χ0v) is 15.4. The van der Waals surface area contributed by atoms with E-state index < -0.39 is 61.4 Å². The molecule has 2 aliphatic rings. The molecule has 11 nitrogen and oxygen atoms in total. The van der Waals surface area contributed by atoms with Gasteiger partial charge in [-0.1, -0.05) is 6.08 Å². The minimum atomic E-state index is -1.64. The van der Waals surface area contributed by atoms with Crippen molar-refractivity contribution in [2.24, 2.45) is 11.7 Å². The van der Waals surface area contributed by atoms with Crippen LogP contribution in [-0.2, 0) is 28.5 Å². The van der Waals surface area contributed by atoms with Gasteiger partial charge in [0.05, 0.1) is 25.6 Å². The molecule has 0 radical (unpaired) electrons. The summed E-state index contributed by atoms with van der Waals surface area (Å²) < 4.78 is 21.0. The van der Waals surface area contributed by atoms with Crippen LogP contribution in [0.1, 0.15) is 13.3 Å². The van der Waals surface area contributed by atoms with E-state index >= 15 is 0 Å². The number of aliphatic hydroxyl groups excluding tert-OH is 4. The lowest BCUT2D eigenvalue weighted by Crippen LogP contribution is -2.60. The molecule has 158 valence electrons. The van der Waals surface area contributed by atoms with Crippen LogP contribution in [0.15, 0.2) is 23.5 Å². The van der Waals surface area contributed by atoms with Gasteiger partial charge in [-0.15, -0.1) is 0 Å². The number of esters is 1. The van der Waals surface area contributed by atoms with Crippen molar-refractivity contribution in [3.05, 3.63) is 23.5 Å². The van der Waals surface area contributed by atoms with Gasteiger partial charge in [0.2, 0.25) is 12.2 Å². The molecule has 2 heterocycles. The van der Waals surface area contributed by atoms with E-state index in [1.165, 1.54) is 7.11 Å². The number of carbonyl (C=O) groups excluding carboxylic acids is 2. The van der Waals surface area contributed by atoms with Crippen molar-refractivity contribution >= 4 is 11.9 Å². The number of hydrogen-bond donors (Lipinski definition) is 5. The fraction of sp³-hybridized carbons (Fsp3) is 0.647. The van der Waals surface area contributed by atoms with Crippen LogP contribution in [0.25, 0.3) is 0 Å². The Morgan fingerprint density at radius 3 is 2.46 bits per heavy atom. The number of hydrogen-bond acceptors (Lipinski definition) is 10. The van der Waals surface area contributed by atoms with Crippen molar-refractivity contribution in [2.45, 2.75) is 50.3 Å². The first-order valence-corrected chi connectivity index (χ1v) is 8.59. The van der Waals surface area contributed by atoms with Crippen LogP contribution in [0.2, 0.25) is 0 Å². The second-order valence-electron chi connectivity index (χ2n) is 6.38. The number of carbonyl (C=O) groups is 2. The largest absolute Gasteiger partial charge is 0.468 e. The molecular formula is C17H25NO10. The van der Waals surface area contributed by atoms with Gasteiger partial charge in [-0.25, -0.2) is 4.79 Å². The molecule has 6 N–H and O–H groups in total. The summed E-state index contributed by atoms with van der Waals surface area (Å²) in [4.78, 5) is 23.5. The Hall–Kier alpha value is -2.02. The van der Waals surface area contributed by atoms with E-state index in [4.69, 9.17) is 24.7 Å². The third kappa shape index (κ3) is 4.51. The van der Waals surface area contributed by atoms with E-state index in [0.29, 0.717) is 5.57 Å². The van der Waals surface area contributed by atoms with Gasteiger partial charge < -0.3 is 45.1 Å². The lowest BCUT2D eigenvalue weighted by Gasteiger charge is -2.41. The van der Waals surface area contributed by atoms with Gasteiger partial charge >= 0.3 is 5.97 Å². The number of primary amides is 1. The molecule has 0 spiro atoms. The van der Waals surface area contributed by atoms with Gasteiger partial charge in [-0.05, 0) is 6.92 Å². The molecule has 0 aromatic carbocycles. The van der Waals surface area contributed by atoms with Crippen molar-refractivity contribution in [1.82, 2.24) is 0 Å². The third-order valence-corrected chi connectivity index (χ3v) is 4.63. The van der Waals surface area contributed by atoms with Gasteiger partial charge in [0.15, 0.2) is 6.29 Å². The maximum absolute atomic E-state index is 12.0. The maximum atomic E-state index is 12.0. The summed E-state index contributed by atoms with van der Waals surface area (Å²) in [5, 5.41) is 39.1. The highest BCUT2D eigenvalue weighted by Crippen LogP contribution is 2.35. The molecule has 0 saturated carbocycles. The summed E-state index contributed by atoms with van der Waals surface area (Å²) in [6.07, 6.45) is -6.22. The van der Waals surface area contributed by atoms with Crippen LogP contribution >= 0.6 is 0 Å². The zero-order valence-electron chi connectivity index (χ0n) is 15.4. The van der Waals surface area contributed by atoms with E-state index in [1.54, 1.807) is 13.0 Å². The van der Waals surface area contributed by atoms with E-state index in [-0.39, 0.29) is 12.0 Å². The van der Waals surface area contributed by atoms with Crippen LogP contribution in [0.5, 0.6) is 0 Å². The molecule has 1 fully saturated rings. The first-order valence-electron chi connectivity index (χ1n) is 8.59. The predicted octanol–water partition coefficient (Wildman–Crippen LogP) is -2.35. The zero-order chi connectivity index (χ0) is 21.0. The summed E-state index contributed by atoms with van der Waals surface area (Å²) in [5.74, 6) is -2.18. The van der Waals surface area contributed by atoms with Gasteiger partial charge in [-0.2, -0.15) is 0 Å². The summed E-state index contributed by atoms with van der Waals surface area (Å²) >= 11 is 0. The van der Waals surface area contributed by atoms with Crippen LogP contribution in [0, 0.1) is 5.92 Å². The Bertz CT molecular complexity index is 646. The molecule has 1 amide bonds. The highest BCUT2D eigenvalue weighted by molar-refractivity contribution is 5.91. The van der Waals surface area contributed by atoms with Crippen molar-refractivity contribution in [1.29, 1.82) is 0 Å². The molecule has 0 aliphatic carbocycles. The fourth-order valence-electron chi connectivity index (χ4n) is 3.13. The molecule has 7 unspecified atom stereocenters. The number of nitrogens with two attached hydrogens (primary N) is 1. The van der Waals surface area contributed by atoms with Gasteiger partial charge in [0.1, 0.15) is 24.4 Å². The molecule has 2 aliphatic heterocycles. The van der Waals surface area contributed by atoms with Gasteiger partial charge in [0.25, 0.3) is 0 Å². The normalized spacial score (nSPS) is 37.1. The van der Waals surface area contributed by atoms with E-state index in [1.807, 2.05) is 0 Å². The molecule has 2 rings (SSSR count). The topological polar surface area (TPSA) is 178 Å². The summed E-state index contributed by atoms with van der Waals surface area (Å²) in [5.41, 5.74) is 5.69. The monoisotopic (exact) mass is 403 g/mol. The lowest BCUT2D eigenvalue weighted by atomic mass is 9.86. The summed E-state index contributed by atoms with van der Waals surface area (Å²) in [7, 11) is 1.18. The first kappa shape index (κ1) is 22.3. The Labute approximate surface area is 160 Å². The van der Waals surface area contributed by atoms with E-state index in [9.17, 15) is 30.0 Å². The third-order valence-electron chi connectivity index (χ3n) is 4.63. The highest BCUT2D eigenvalue weighted by atomic mass is 16.8. The summed E-state index contributed by atoms with van der Waals surface area (Å²) in [6.45, 7) is 1.00. The average Bonchev–Trinajstić information content (AvgIpc) is 2.67. The minimum absolute atomic E-state index is 0.0584. The molecule has 0 bridgehead atoms. The Balaban J connectivity index is 2.26. The number of aliphatic hydroxyl groups is 4. The maximum Gasteiger partial charge on any atom is 0.337 e. The smallest absolute Gasteiger partial charge is 0.337 e. The molecule has 1 saturated heterocycles. The number of rotatable bonds is 6. The second kappa shape index (κ2) is 9.45. The predicted molar refractivity (Wildman–Crippen MR) is 90.9 cm³/mol. The Kier molecular flexibility index (Phi) is 7.52. The van der Waals surface area contributed by atoms with Crippen molar-refractivity contribution in [3.8, 4) is 0 Å². The number of amides is 1. The standard InChI is InChI=1S/C17H25NO10/c1-3-7-8(4-11(18)20)9(15(24)25-2)6-26-16(7)28-17-14(23)13(22)12(21)10(5-19)27-17/h3,6,8,10,12-14,16-17,19,21-23H,4-5H2,1-2H3,(H2,18,20)/b7-3+. The Morgan fingerprint density at radius 2 is 1.93 bits per heavy atom. The molecule has 7 atom stereocenters. The summed E-state index contributed by atoms with van der Waals surface area (Å²) in [6, 6.07) is 0. The molecule has 11 heteroatoms. The second-order valence-corrected chi connectivity index (χ2v) is 6.38. The van der Waals surface area contributed by atoms with Crippen LogP contribution in [-0.4, -0.2) is 83.0 Å². The minimum Gasteiger partial charge on any atom is -0.468 e. The SMILES string of the molecule is C/C=C1/C(OC2OC(CO)C(O)C(O)C2O)OC=C(C(=O)OC)C1CC(N)=O. The van der Waals surface area contributed by atoms with E-state index in [2.05, 4.69) is 0 Å². The van der Waals surface area contributed by atoms with Crippen molar-refractivity contribution in [2.75, 3.05) is 13.7 Å². The molecule has 0 aromatic heterocycles. The lowest BCUT2D eigenvalue weighted by molar-refractivity contribution is -0.327. The van der Waals surface area contributed by atoms with Gasteiger partial charge in [-0.3, -0.25) is 4.79 Å². The van der Waals surface area contributed by atoms with Crippen molar-refractivity contribution in [3.63, 3.8) is 0 Å². The highest BCUT2D eigenvalue weighted by Gasteiger charge is 2.46. The van der Waals surface area contributed by atoms with E-state index in [0.717, 1.165) is 6.26 Å². The average molecular weight is 403 g/mol. The number of methoxy groups -OCH3 is 1. The van der Waals surface area contributed by atoms with Crippen molar-refractivity contribution < 1.29 is 49.0 Å². The first-order chi connectivity index (χ1) is 13.2. The molecule has 0 aromatic rings. The molecular weight excluding hydrogens is 378 g/mol. The van der Waals surface area contributed by atoms with Crippen LogP contribution in [0.3, 0.4) is 0 Å². The van der Waals surface area contributed by atoms with Crippen LogP contribution < -0.4 is 5.73 Å². The number of ether oxygens (including phenoxy) is 4.